The Kier molecular flexibility index (Phi) is 11.0. The molecule has 2 aromatic rings. The average molecular weight is 549 g/mol. The van der Waals surface area contributed by atoms with Crippen molar-refractivity contribution in [2.24, 2.45) is 0 Å². The Morgan fingerprint density at radius 3 is 2.14 bits per heavy atom. The smallest absolute Gasteiger partial charge is 0.246 e. The predicted octanol–water partition coefficient (Wildman–Crippen LogP) is 0.929. The van der Waals surface area contributed by atoms with Gasteiger partial charge in [0.2, 0.25) is 17.7 Å². The molecule has 0 aliphatic rings. The molecule has 0 aromatic carbocycles. The molecule has 0 bridgehead atoms. The van der Waals surface area contributed by atoms with Crippen LogP contribution in [0.15, 0.2) is 24.3 Å². The van der Waals surface area contributed by atoms with Crippen LogP contribution >= 0.6 is 22.7 Å². The summed E-state index contributed by atoms with van der Waals surface area (Å²) in [4.78, 5) is 51.6. The number of carboxylic acid groups (broad SMARTS) is 1. The zero-order valence-corrected chi connectivity index (χ0v) is 23.7. The highest BCUT2D eigenvalue weighted by molar-refractivity contribution is 7.22. The van der Waals surface area contributed by atoms with E-state index in [9.17, 15) is 24.3 Å². The normalized spacial score (nSPS) is 11.2. The fraction of sp³-hybridized carbons (Fsp3) is 0.462. The van der Waals surface area contributed by atoms with Crippen molar-refractivity contribution in [2.45, 2.75) is 33.6 Å². The molecule has 0 atom stereocenters. The summed E-state index contributed by atoms with van der Waals surface area (Å²) in [5, 5.41) is 19.2. The van der Waals surface area contributed by atoms with Crippen molar-refractivity contribution in [3.63, 3.8) is 0 Å². The van der Waals surface area contributed by atoms with Gasteiger partial charge in [-0.25, -0.2) is 0 Å². The molecule has 0 saturated carbocycles. The molecule has 0 radical (unpaired) electrons. The first-order valence-electron chi connectivity index (χ1n) is 12.0. The van der Waals surface area contributed by atoms with Crippen LogP contribution in [0.5, 0.6) is 0 Å². The number of hydrogen-bond donors (Lipinski definition) is 3. The second-order valence-corrected chi connectivity index (χ2v) is 12.2. The number of amides is 3. The summed E-state index contributed by atoms with van der Waals surface area (Å²) < 4.78 is 0.224. The number of aryl methyl sites for hydroxylation is 2. The Morgan fingerprint density at radius 2 is 1.51 bits per heavy atom. The first-order chi connectivity index (χ1) is 17.3. The molecule has 11 heteroatoms. The highest BCUT2D eigenvalue weighted by Crippen LogP contribution is 2.39. The second-order valence-electron chi connectivity index (χ2n) is 9.68. The lowest BCUT2D eigenvalue weighted by Crippen LogP contribution is -2.51. The van der Waals surface area contributed by atoms with E-state index in [2.05, 4.69) is 22.5 Å². The Morgan fingerprint density at radius 1 is 0.919 bits per heavy atom. The van der Waals surface area contributed by atoms with E-state index in [0.29, 0.717) is 31.8 Å². The summed E-state index contributed by atoms with van der Waals surface area (Å²) in [5.74, 6) is -1.61. The maximum atomic E-state index is 12.5. The zero-order chi connectivity index (χ0) is 27.8. The molecule has 9 nitrogen and oxygen atoms in total. The van der Waals surface area contributed by atoms with Gasteiger partial charge in [0, 0.05) is 38.2 Å². The lowest BCUT2D eigenvalue weighted by molar-refractivity contribution is -0.883. The van der Waals surface area contributed by atoms with Gasteiger partial charge in [-0.3, -0.25) is 14.4 Å². The molecule has 3 N–H and O–H groups in total. The van der Waals surface area contributed by atoms with E-state index < -0.39 is 5.97 Å². The number of carboxylic acids is 1. The molecule has 2 rings (SSSR count). The van der Waals surface area contributed by atoms with Crippen LogP contribution in [0.25, 0.3) is 9.75 Å². The number of aliphatic carboxylic acids is 1. The first-order valence-corrected chi connectivity index (χ1v) is 13.6. The molecule has 0 spiro atoms. The third-order valence-electron chi connectivity index (χ3n) is 5.60. The molecule has 2 heterocycles. The summed E-state index contributed by atoms with van der Waals surface area (Å²) >= 11 is 3.21. The quantitative estimate of drug-likeness (QED) is 0.184. The third-order valence-corrected chi connectivity index (χ3v) is 7.96. The summed E-state index contributed by atoms with van der Waals surface area (Å²) in [7, 11) is 3.55. The van der Waals surface area contributed by atoms with Gasteiger partial charge >= 0.3 is 0 Å². The van der Waals surface area contributed by atoms with Crippen LogP contribution in [-0.4, -0.2) is 75.0 Å². The first kappa shape index (κ1) is 30.2. The number of thiophene rings is 2. The number of nitrogens with zero attached hydrogens (tertiary/aromatic N) is 1. The molecule has 0 unspecified atom stereocenters. The molecular weight excluding hydrogens is 512 g/mol. The summed E-state index contributed by atoms with van der Waals surface area (Å²) in [6.45, 7) is 10.6. The Labute approximate surface area is 226 Å². The van der Waals surface area contributed by atoms with E-state index in [1.807, 2.05) is 26.0 Å². The van der Waals surface area contributed by atoms with Gasteiger partial charge < -0.3 is 30.3 Å². The van der Waals surface area contributed by atoms with Crippen LogP contribution in [-0.2, 0) is 32.0 Å². The molecule has 37 heavy (non-hydrogen) atoms. The zero-order valence-electron chi connectivity index (χ0n) is 22.1. The van der Waals surface area contributed by atoms with Crippen molar-refractivity contribution < 1.29 is 28.8 Å². The average Bonchev–Trinajstić information content (AvgIpc) is 3.31. The van der Waals surface area contributed by atoms with E-state index in [1.54, 1.807) is 43.7 Å². The lowest BCUT2D eigenvalue weighted by atomic mass is 10.1. The topological polar surface area (TPSA) is 127 Å². The van der Waals surface area contributed by atoms with E-state index in [4.69, 9.17) is 0 Å². The number of rotatable bonds is 14. The molecule has 0 saturated heterocycles. The highest BCUT2D eigenvalue weighted by Gasteiger charge is 2.19. The summed E-state index contributed by atoms with van der Waals surface area (Å²) in [5.41, 5.74) is 2.27. The Balaban J connectivity index is 1.96. The van der Waals surface area contributed by atoms with E-state index >= 15 is 0 Å². The van der Waals surface area contributed by atoms with Gasteiger partial charge in [-0.15, -0.1) is 22.7 Å². The van der Waals surface area contributed by atoms with Crippen molar-refractivity contribution in [2.75, 3.05) is 46.8 Å². The van der Waals surface area contributed by atoms with Crippen LogP contribution in [0.2, 0.25) is 0 Å². The van der Waals surface area contributed by atoms with Crippen LogP contribution in [0, 0.1) is 13.8 Å². The SMILES string of the molecule is C=C(C)C(=O)NCCNC(=O)Cc1cc(C)sc1-c1cc(CC(=O)NCC[N+](C)(C)CC(=O)[O-])c(C)s1. The second kappa shape index (κ2) is 13.5. The van der Waals surface area contributed by atoms with Gasteiger partial charge in [-0.05, 0) is 44.0 Å². The number of hydrogen-bond acceptors (Lipinski definition) is 7. The van der Waals surface area contributed by atoms with Gasteiger partial charge in [0.1, 0.15) is 6.54 Å². The van der Waals surface area contributed by atoms with Gasteiger partial charge in [0.15, 0.2) is 0 Å². The fourth-order valence-corrected chi connectivity index (χ4v) is 5.85. The number of quaternary nitrogens is 1. The summed E-state index contributed by atoms with van der Waals surface area (Å²) in [6.07, 6.45) is 0.451. The van der Waals surface area contributed by atoms with E-state index in [1.165, 1.54) is 0 Å². The van der Waals surface area contributed by atoms with E-state index in [0.717, 1.165) is 30.6 Å². The maximum absolute atomic E-state index is 12.5. The van der Waals surface area contributed by atoms with Crippen LogP contribution in [0.1, 0.15) is 27.8 Å². The highest BCUT2D eigenvalue weighted by atomic mass is 32.1. The predicted molar refractivity (Wildman–Crippen MR) is 145 cm³/mol. The van der Waals surface area contributed by atoms with Gasteiger partial charge in [0.05, 0.1) is 46.0 Å². The van der Waals surface area contributed by atoms with Crippen molar-refractivity contribution in [3.05, 3.63) is 45.2 Å². The van der Waals surface area contributed by atoms with Gasteiger partial charge in [0.25, 0.3) is 0 Å². The molecule has 3 amide bonds. The van der Waals surface area contributed by atoms with Crippen LogP contribution in [0.4, 0.5) is 0 Å². The van der Waals surface area contributed by atoms with Crippen molar-refractivity contribution >= 4 is 46.4 Å². The third kappa shape index (κ3) is 10.1. The van der Waals surface area contributed by atoms with Crippen molar-refractivity contribution in [1.82, 2.24) is 16.0 Å². The number of carbonyl (C=O) groups is 4. The minimum Gasteiger partial charge on any atom is -0.544 e. The molecule has 202 valence electrons. The fourth-order valence-electron chi connectivity index (χ4n) is 3.64. The van der Waals surface area contributed by atoms with Crippen molar-refractivity contribution in [3.8, 4) is 9.75 Å². The largest absolute Gasteiger partial charge is 0.544 e. The maximum Gasteiger partial charge on any atom is 0.246 e. The summed E-state index contributed by atoms with van der Waals surface area (Å²) in [6, 6.07) is 4.02. The molecule has 0 aliphatic heterocycles. The lowest BCUT2D eigenvalue weighted by Gasteiger charge is -2.30. The van der Waals surface area contributed by atoms with Crippen LogP contribution < -0.4 is 21.1 Å². The number of likely N-dealkylation sites (N-methyl/N-ethyl adjacent to an activating group) is 1. The monoisotopic (exact) mass is 548 g/mol. The number of nitrogens with one attached hydrogen (secondary N) is 3. The van der Waals surface area contributed by atoms with Crippen LogP contribution in [0.3, 0.4) is 0 Å². The van der Waals surface area contributed by atoms with E-state index in [-0.39, 0.29) is 41.6 Å². The minimum atomic E-state index is -1.12. The molecule has 0 aliphatic carbocycles. The molecule has 2 aromatic heterocycles. The molecule has 0 fully saturated rings. The Hall–Kier alpha value is -3.02. The molecular formula is C26H36N4O5S2. The minimum absolute atomic E-state index is 0.116. The van der Waals surface area contributed by atoms with Gasteiger partial charge in [-0.1, -0.05) is 6.58 Å². The number of carbonyl (C=O) groups excluding carboxylic acids is 4. The van der Waals surface area contributed by atoms with Crippen molar-refractivity contribution in [1.29, 1.82) is 0 Å². The van der Waals surface area contributed by atoms with Gasteiger partial charge in [-0.2, -0.15) is 0 Å². The Bertz CT molecular complexity index is 1170. The standard InChI is InChI=1S/C26H36N4O5S2/c1-16(2)26(35)29-8-7-27-23(32)14-20-11-17(3)36-25(20)21-12-19(18(4)37-21)13-22(31)28-9-10-30(5,6)15-24(33)34/h11-12H,1,7-10,13-15H2,2-6H3,(H3-,27,28,29,31,32,33,34,35).